The monoisotopic (exact) mass is 236 g/mol. The molecule has 1 aromatic heterocycles. The van der Waals surface area contributed by atoms with Crippen LogP contribution in [0.15, 0.2) is 12.1 Å². The number of carboxylic acids is 1. The van der Waals surface area contributed by atoms with Gasteiger partial charge in [-0.1, -0.05) is 0 Å². The summed E-state index contributed by atoms with van der Waals surface area (Å²) >= 11 is 0. The van der Waals surface area contributed by atoms with E-state index in [4.69, 9.17) is 9.84 Å². The van der Waals surface area contributed by atoms with E-state index in [0.717, 1.165) is 17.1 Å². The number of ether oxygens (including phenoxy) is 1. The molecular formula is C12H16N2O3. The molecule has 0 radical (unpaired) electrons. The summed E-state index contributed by atoms with van der Waals surface area (Å²) in [5, 5.41) is 12.1. The Bertz CT molecular complexity index is 441. The van der Waals surface area contributed by atoms with Crippen molar-refractivity contribution in [3.8, 4) is 5.75 Å². The van der Waals surface area contributed by atoms with E-state index in [-0.39, 0.29) is 0 Å². The molecular weight excluding hydrogens is 220 g/mol. The second kappa shape index (κ2) is 4.33. The molecule has 5 nitrogen and oxygen atoms in total. The predicted molar refractivity (Wildman–Crippen MR) is 62.0 cm³/mol. The third-order valence-corrected chi connectivity index (χ3v) is 2.98. The SMILES string of the molecule is COc1cc(C)nc(CNC2(C(=O)O)CC2)c1. The molecule has 1 aliphatic rings. The minimum Gasteiger partial charge on any atom is -0.497 e. The van der Waals surface area contributed by atoms with Crippen molar-refractivity contribution in [2.45, 2.75) is 31.8 Å². The lowest BCUT2D eigenvalue weighted by Crippen LogP contribution is -2.38. The molecule has 0 unspecified atom stereocenters. The van der Waals surface area contributed by atoms with Crippen molar-refractivity contribution in [1.29, 1.82) is 0 Å². The molecule has 17 heavy (non-hydrogen) atoms. The van der Waals surface area contributed by atoms with E-state index in [1.807, 2.05) is 19.1 Å². The van der Waals surface area contributed by atoms with E-state index in [2.05, 4.69) is 10.3 Å². The third-order valence-electron chi connectivity index (χ3n) is 2.98. The smallest absolute Gasteiger partial charge is 0.323 e. The van der Waals surface area contributed by atoms with Crippen molar-refractivity contribution in [1.82, 2.24) is 10.3 Å². The van der Waals surface area contributed by atoms with Gasteiger partial charge in [0.2, 0.25) is 0 Å². The highest BCUT2D eigenvalue weighted by atomic mass is 16.5. The van der Waals surface area contributed by atoms with Crippen LogP contribution in [0.4, 0.5) is 0 Å². The standard InChI is InChI=1S/C12H16N2O3/c1-8-5-10(17-2)6-9(14-8)7-13-12(3-4-12)11(15)16/h5-6,13H,3-4,7H2,1-2H3,(H,15,16). The van der Waals surface area contributed by atoms with E-state index < -0.39 is 11.5 Å². The summed E-state index contributed by atoms with van der Waals surface area (Å²) in [6.45, 7) is 2.33. The molecule has 5 heteroatoms. The fourth-order valence-corrected chi connectivity index (χ4v) is 1.76. The van der Waals surface area contributed by atoms with Crippen molar-refractivity contribution in [3.05, 3.63) is 23.5 Å². The van der Waals surface area contributed by atoms with Crippen molar-refractivity contribution >= 4 is 5.97 Å². The summed E-state index contributed by atoms with van der Waals surface area (Å²) in [6.07, 6.45) is 1.37. The number of nitrogens with zero attached hydrogens (tertiary/aromatic N) is 1. The molecule has 1 aromatic rings. The van der Waals surface area contributed by atoms with Gasteiger partial charge in [-0.3, -0.25) is 15.1 Å². The number of pyridine rings is 1. The number of hydrogen-bond donors (Lipinski definition) is 2. The lowest BCUT2D eigenvalue weighted by atomic mass is 10.2. The zero-order chi connectivity index (χ0) is 12.5. The Kier molecular flexibility index (Phi) is 3.02. The van der Waals surface area contributed by atoms with Crippen molar-refractivity contribution in [3.63, 3.8) is 0 Å². The van der Waals surface area contributed by atoms with Gasteiger partial charge in [-0.25, -0.2) is 0 Å². The quantitative estimate of drug-likeness (QED) is 0.801. The number of carboxylic acid groups (broad SMARTS) is 1. The van der Waals surface area contributed by atoms with Crippen molar-refractivity contribution < 1.29 is 14.6 Å². The molecule has 1 aliphatic carbocycles. The first-order valence-corrected chi connectivity index (χ1v) is 5.56. The fraction of sp³-hybridized carbons (Fsp3) is 0.500. The zero-order valence-electron chi connectivity index (χ0n) is 9.99. The van der Waals surface area contributed by atoms with Gasteiger partial charge in [0, 0.05) is 24.4 Å². The Morgan fingerprint density at radius 1 is 1.59 bits per heavy atom. The Hall–Kier alpha value is -1.62. The average molecular weight is 236 g/mol. The number of aliphatic carboxylic acids is 1. The fourth-order valence-electron chi connectivity index (χ4n) is 1.76. The number of hydrogen-bond acceptors (Lipinski definition) is 4. The summed E-state index contributed by atoms with van der Waals surface area (Å²) in [5.41, 5.74) is 0.939. The first kappa shape index (κ1) is 11.9. The molecule has 0 aliphatic heterocycles. The highest BCUT2D eigenvalue weighted by molar-refractivity contribution is 5.82. The Morgan fingerprint density at radius 2 is 2.29 bits per heavy atom. The normalized spacial score (nSPS) is 16.6. The van der Waals surface area contributed by atoms with Crippen LogP contribution >= 0.6 is 0 Å². The number of aromatic nitrogens is 1. The maximum atomic E-state index is 11.0. The molecule has 1 saturated carbocycles. The molecule has 0 amide bonds. The van der Waals surface area contributed by atoms with Gasteiger partial charge in [-0.15, -0.1) is 0 Å². The van der Waals surface area contributed by atoms with Crippen LogP contribution in [0.1, 0.15) is 24.2 Å². The predicted octanol–water partition coefficient (Wildman–Crippen LogP) is 1.11. The van der Waals surface area contributed by atoms with Crippen LogP contribution in [0.3, 0.4) is 0 Å². The summed E-state index contributed by atoms with van der Waals surface area (Å²) < 4.78 is 5.15. The summed E-state index contributed by atoms with van der Waals surface area (Å²) in [7, 11) is 1.60. The van der Waals surface area contributed by atoms with E-state index in [9.17, 15) is 4.79 Å². The first-order valence-electron chi connectivity index (χ1n) is 5.56. The van der Waals surface area contributed by atoms with Crippen LogP contribution in [0.2, 0.25) is 0 Å². The number of carbonyl (C=O) groups is 1. The van der Waals surface area contributed by atoms with Gasteiger partial charge in [0.25, 0.3) is 0 Å². The Labute approximate surface area is 99.8 Å². The Balaban J connectivity index is 2.04. The van der Waals surface area contributed by atoms with Crippen LogP contribution < -0.4 is 10.1 Å². The van der Waals surface area contributed by atoms with Gasteiger partial charge in [0.15, 0.2) is 0 Å². The second-order valence-corrected chi connectivity index (χ2v) is 4.38. The van der Waals surface area contributed by atoms with Crippen LogP contribution in [0.5, 0.6) is 5.75 Å². The molecule has 0 aromatic carbocycles. The summed E-state index contributed by atoms with van der Waals surface area (Å²) in [6, 6.07) is 3.66. The molecule has 0 bridgehead atoms. The lowest BCUT2D eigenvalue weighted by molar-refractivity contribution is -0.140. The van der Waals surface area contributed by atoms with E-state index in [1.54, 1.807) is 7.11 Å². The van der Waals surface area contributed by atoms with Gasteiger partial charge < -0.3 is 9.84 Å². The van der Waals surface area contributed by atoms with Gasteiger partial charge in [-0.05, 0) is 19.8 Å². The largest absolute Gasteiger partial charge is 0.497 e. The lowest BCUT2D eigenvalue weighted by Gasteiger charge is -2.12. The van der Waals surface area contributed by atoms with Crippen molar-refractivity contribution in [2.24, 2.45) is 0 Å². The zero-order valence-corrected chi connectivity index (χ0v) is 9.99. The maximum Gasteiger partial charge on any atom is 0.323 e. The Morgan fingerprint density at radius 3 is 2.82 bits per heavy atom. The molecule has 0 saturated heterocycles. The molecule has 1 fully saturated rings. The van der Waals surface area contributed by atoms with E-state index in [0.29, 0.717) is 19.4 Å². The molecule has 2 rings (SSSR count). The van der Waals surface area contributed by atoms with Crippen molar-refractivity contribution in [2.75, 3.05) is 7.11 Å². The topological polar surface area (TPSA) is 71.5 Å². The number of methoxy groups -OCH3 is 1. The highest BCUT2D eigenvalue weighted by Gasteiger charge is 2.49. The van der Waals surface area contributed by atoms with Gasteiger partial charge in [-0.2, -0.15) is 0 Å². The second-order valence-electron chi connectivity index (χ2n) is 4.38. The third kappa shape index (κ3) is 2.55. The number of nitrogens with one attached hydrogen (secondary N) is 1. The average Bonchev–Trinajstić information content (AvgIpc) is 3.06. The molecule has 1 heterocycles. The van der Waals surface area contributed by atoms with Gasteiger partial charge in [0.05, 0.1) is 12.8 Å². The highest BCUT2D eigenvalue weighted by Crippen LogP contribution is 2.35. The van der Waals surface area contributed by atoms with Crippen LogP contribution in [-0.4, -0.2) is 28.7 Å². The number of aryl methyl sites for hydroxylation is 1. The van der Waals surface area contributed by atoms with Crippen LogP contribution in [0, 0.1) is 6.92 Å². The van der Waals surface area contributed by atoms with Gasteiger partial charge >= 0.3 is 5.97 Å². The van der Waals surface area contributed by atoms with Crippen LogP contribution in [0.25, 0.3) is 0 Å². The molecule has 2 N–H and O–H groups in total. The minimum absolute atomic E-state index is 0.449. The van der Waals surface area contributed by atoms with E-state index >= 15 is 0 Å². The first-order chi connectivity index (χ1) is 8.05. The number of rotatable bonds is 5. The summed E-state index contributed by atoms with van der Waals surface area (Å²) in [5.74, 6) is -0.0356. The van der Waals surface area contributed by atoms with E-state index in [1.165, 1.54) is 0 Å². The molecule has 0 spiro atoms. The van der Waals surface area contributed by atoms with Gasteiger partial charge in [0.1, 0.15) is 11.3 Å². The summed E-state index contributed by atoms with van der Waals surface area (Å²) in [4.78, 5) is 15.3. The molecule has 0 atom stereocenters. The molecule has 92 valence electrons. The maximum absolute atomic E-state index is 11.0. The van der Waals surface area contributed by atoms with Crippen LogP contribution in [-0.2, 0) is 11.3 Å². The minimum atomic E-state index is -0.780.